The summed E-state index contributed by atoms with van der Waals surface area (Å²) < 4.78 is 49.3. The molecule has 0 unspecified atom stereocenters. The molecule has 1 spiro atoms. The van der Waals surface area contributed by atoms with E-state index in [1.165, 1.54) is 17.0 Å². The Morgan fingerprint density at radius 3 is 2.67 bits per heavy atom. The normalized spacial score (nSPS) is 29.5. The molecule has 7 nitrogen and oxygen atoms in total. The van der Waals surface area contributed by atoms with E-state index in [0.717, 1.165) is 12.1 Å². The number of benzene rings is 1. The largest absolute Gasteiger partial charge is 0.416 e. The van der Waals surface area contributed by atoms with Crippen LogP contribution in [0.25, 0.3) is 0 Å². The smallest absolute Gasteiger partial charge is 0.360 e. The van der Waals surface area contributed by atoms with E-state index in [9.17, 15) is 22.8 Å². The van der Waals surface area contributed by atoms with Crippen LogP contribution in [-0.2, 0) is 20.5 Å². The van der Waals surface area contributed by atoms with E-state index in [4.69, 9.17) is 9.26 Å². The van der Waals surface area contributed by atoms with Crippen LogP contribution in [0.4, 0.5) is 24.7 Å². The number of halogens is 3. The van der Waals surface area contributed by atoms with E-state index in [1.54, 1.807) is 25.1 Å². The zero-order valence-corrected chi connectivity index (χ0v) is 15.6. The van der Waals surface area contributed by atoms with E-state index in [1.807, 2.05) is 0 Å². The molecule has 30 heavy (non-hydrogen) atoms. The Labute approximate surface area is 168 Å². The van der Waals surface area contributed by atoms with Crippen molar-refractivity contribution in [3.05, 3.63) is 53.8 Å². The molecule has 2 amide bonds. The number of ether oxygens (including phenoxy) is 1. The first-order valence-electron chi connectivity index (χ1n) is 9.28. The van der Waals surface area contributed by atoms with Gasteiger partial charge in [-0.15, -0.1) is 0 Å². The Bertz CT molecular complexity index is 1060. The van der Waals surface area contributed by atoms with Crippen molar-refractivity contribution in [1.82, 2.24) is 5.16 Å². The van der Waals surface area contributed by atoms with Gasteiger partial charge in [0.1, 0.15) is 11.4 Å². The van der Waals surface area contributed by atoms with Crippen LogP contribution < -0.4 is 10.2 Å². The van der Waals surface area contributed by atoms with Crippen molar-refractivity contribution in [3.8, 4) is 0 Å². The van der Waals surface area contributed by atoms with Gasteiger partial charge in [0, 0.05) is 11.8 Å². The van der Waals surface area contributed by atoms with Gasteiger partial charge in [0.15, 0.2) is 5.82 Å². The molecule has 10 heteroatoms. The number of carbonyl (C=O) groups is 2. The Kier molecular flexibility index (Phi) is 3.88. The summed E-state index contributed by atoms with van der Waals surface area (Å²) in [4.78, 5) is 27.5. The third kappa shape index (κ3) is 2.74. The fourth-order valence-corrected chi connectivity index (χ4v) is 4.44. The lowest BCUT2D eigenvalue weighted by atomic mass is 9.77. The molecular formula is C20H16F3N3O4. The van der Waals surface area contributed by atoms with Crippen molar-refractivity contribution < 1.29 is 32.0 Å². The standard InChI is InChI=1S/C20H16F3N3O4/c1-10-8-14(25-30-10)26-9-19-7-6-13(29-19)15(16(19)18(26)28)17(27)24-12-4-2-11(3-5-12)20(21,22)23/h2-8,13,15-16H,9H2,1H3,(H,24,27)/t13-,15-,16+,19+/m1/s1. The topological polar surface area (TPSA) is 84.7 Å². The highest BCUT2D eigenvalue weighted by Gasteiger charge is 2.67. The van der Waals surface area contributed by atoms with Crippen molar-refractivity contribution in [2.75, 3.05) is 16.8 Å². The Morgan fingerprint density at radius 1 is 1.30 bits per heavy atom. The molecule has 3 aliphatic rings. The number of anilines is 2. The van der Waals surface area contributed by atoms with Crippen molar-refractivity contribution in [2.24, 2.45) is 11.8 Å². The second-order valence-electron chi connectivity index (χ2n) is 7.68. The average Bonchev–Trinajstić information content (AvgIpc) is 3.42. The maximum absolute atomic E-state index is 13.1. The minimum atomic E-state index is -4.46. The molecule has 0 aliphatic carbocycles. The van der Waals surface area contributed by atoms with Gasteiger partial charge in [0.25, 0.3) is 0 Å². The molecule has 4 heterocycles. The molecule has 2 bridgehead atoms. The lowest BCUT2D eigenvalue weighted by molar-refractivity contribution is -0.137. The first-order valence-corrected chi connectivity index (χ1v) is 9.28. The van der Waals surface area contributed by atoms with Crippen LogP contribution in [0.1, 0.15) is 11.3 Å². The molecule has 0 radical (unpaired) electrons. The second-order valence-corrected chi connectivity index (χ2v) is 7.68. The summed E-state index contributed by atoms with van der Waals surface area (Å²) in [5, 5.41) is 6.49. The van der Waals surface area contributed by atoms with Crippen LogP contribution in [0.2, 0.25) is 0 Å². The molecule has 1 N–H and O–H groups in total. The number of nitrogens with one attached hydrogen (secondary N) is 1. The van der Waals surface area contributed by atoms with Gasteiger partial charge in [-0.05, 0) is 31.2 Å². The molecule has 1 aromatic carbocycles. The number of alkyl halides is 3. The van der Waals surface area contributed by atoms with E-state index in [0.29, 0.717) is 11.6 Å². The predicted octanol–water partition coefficient (Wildman–Crippen LogP) is 2.93. The Balaban J connectivity index is 1.38. The SMILES string of the molecule is Cc1cc(N2C[C@]34C=C[C@@H](O3)[C@@H](C(=O)Nc3ccc(C(F)(F)F)cc3)[C@H]4C2=O)no1. The Morgan fingerprint density at radius 2 is 2.03 bits per heavy atom. The number of hydrogen-bond donors (Lipinski definition) is 1. The molecule has 2 saturated heterocycles. The van der Waals surface area contributed by atoms with E-state index >= 15 is 0 Å². The van der Waals surface area contributed by atoms with E-state index < -0.39 is 41.2 Å². The van der Waals surface area contributed by atoms with Gasteiger partial charge in [-0.1, -0.05) is 17.3 Å². The zero-order chi connectivity index (χ0) is 21.3. The van der Waals surface area contributed by atoms with E-state index in [2.05, 4.69) is 10.5 Å². The molecular weight excluding hydrogens is 403 g/mol. The highest BCUT2D eigenvalue weighted by atomic mass is 19.4. The van der Waals surface area contributed by atoms with Gasteiger partial charge >= 0.3 is 6.18 Å². The lowest BCUT2D eigenvalue weighted by Crippen LogP contribution is -2.41. The van der Waals surface area contributed by atoms with Crippen LogP contribution in [0.15, 0.2) is 47.0 Å². The second kappa shape index (κ2) is 6.18. The maximum Gasteiger partial charge on any atom is 0.416 e. The van der Waals surface area contributed by atoms with Gasteiger partial charge in [0.2, 0.25) is 11.8 Å². The number of amides is 2. The highest BCUT2D eigenvalue weighted by molar-refractivity contribution is 6.05. The third-order valence-electron chi connectivity index (χ3n) is 5.77. The average molecular weight is 419 g/mol. The van der Waals surface area contributed by atoms with Gasteiger partial charge in [-0.3, -0.25) is 14.5 Å². The fourth-order valence-electron chi connectivity index (χ4n) is 4.44. The third-order valence-corrected chi connectivity index (χ3v) is 5.77. The lowest BCUT2D eigenvalue weighted by Gasteiger charge is -2.23. The van der Waals surface area contributed by atoms with Gasteiger partial charge in [-0.25, -0.2) is 0 Å². The zero-order valence-electron chi connectivity index (χ0n) is 15.6. The Hall–Kier alpha value is -3.14. The fraction of sp³-hybridized carbons (Fsp3) is 0.350. The van der Waals surface area contributed by atoms with Crippen molar-refractivity contribution >= 4 is 23.3 Å². The number of aromatic nitrogens is 1. The summed E-state index contributed by atoms with van der Waals surface area (Å²) in [6.45, 7) is 1.91. The van der Waals surface area contributed by atoms with Crippen LogP contribution in [0.3, 0.4) is 0 Å². The quantitative estimate of drug-likeness (QED) is 0.774. The van der Waals surface area contributed by atoms with Crippen molar-refractivity contribution in [3.63, 3.8) is 0 Å². The number of nitrogens with zero attached hydrogens (tertiary/aromatic N) is 2. The van der Waals surface area contributed by atoms with Crippen LogP contribution in [0.5, 0.6) is 0 Å². The summed E-state index contributed by atoms with van der Waals surface area (Å²) in [5.74, 6) is -1.44. The van der Waals surface area contributed by atoms with E-state index in [-0.39, 0.29) is 18.1 Å². The van der Waals surface area contributed by atoms with Crippen molar-refractivity contribution in [2.45, 2.75) is 24.8 Å². The first kappa shape index (κ1) is 18.9. The molecule has 3 aliphatic heterocycles. The van der Waals surface area contributed by atoms with Gasteiger partial charge in [0.05, 0.1) is 30.0 Å². The predicted molar refractivity (Wildman–Crippen MR) is 97.4 cm³/mol. The summed E-state index contributed by atoms with van der Waals surface area (Å²) in [6.07, 6.45) is -1.49. The number of rotatable bonds is 3. The molecule has 5 rings (SSSR count). The maximum atomic E-state index is 13.1. The number of fused-ring (bicyclic) bond motifs is 1. The minimum Gasteiger partial charge on any atom is -0.360 e. The van der Waals surface area contributed by atoms with Crippen LogP contribution in [-0.4, -0.2) is 35.2 Å². The molecule has 1 aromatic heterocycles. The molecule has 2 fully saturated rings. The first-order chi connectivity index (χ1) is 14.2. The summed E-state index contributed by atoms with van der Waals surface area (Å²) in [6, 6.07) is 5.78. The number of aryl methyl sites for hydroxylation is 1. The summed E-state index contributed by atoms with van der Waals surface area (Å²) in [5.41, 5.74) is -1.53. The monoisotopic (exact) mass is 419 g/mol. The minimum absolute atomic E-state index is 0.208. The number of carbonyl (C=O) groups excluding carboxylic acids is 2. The van der Waals surface area contributed by atoms with Crippen molar-refractivity contribution in [1.29, 1.82) is 0 Å². The van der Waals surface area contributed by atoms with Crippen LogP contribution in [0, 0.1) is 18.8 Å². The molecule has 156 valence electrons. The highest BCUT2D eigenvalue weighted by Crippen LogP contribution is 2.52. The number of hydrogen-bond acceptors (Lipinski definition) is 5. The summed E-state index contributed by atoms with van der Waals surface area (Å²) >= 11 is 0. The molecule has 4 atom stereocenters. The molecule has 0 saturated carbocycles. The molecule has 2 aromatic rings. The van der Waals surface area contributed by atoms with Gasteiger partial charge < -0.3 is 14.6 Å². The van der Waals surface area contributed by atoms with Crippen LogP contribution >= 0.6 is 0 Å². The summed E-state index contributed by atoms with van der Waals surface area (Å²) in [7, 11) is 0. The van der Waals surface area contributed by atoms with Gasteiger partial charge in [-0.2, -0.15) is 13.2 Å².